The van der Waals surface area contributed by atoms with Crippen LogP contribution in [0.3, 0.4) is 0 Å². The molecule has 0 N–H and O–H groups in total. The van der Waals surface area contributed by atoms with Crippen molar-refractivity contribution in [2.45, 2.75) is 32.7 Å². The Labute approximate surface area is 146 Å². The smallest absolute Gasteiger partial charge is 0.261 e. The van der Waals surface area contributed by atoms with Gasteiger partial charge in [-0.1, -0.05) is 6.92 Å². The number of nitrogens with zero attached hydrogens (tertiary/aromatic N) is 1. The van der Waals surface area contributed by atoms with Gasteiger partial charge in [-0.05, 0) is 54.6 Å². The molecule has 1 aromatic carbocycles. The van der Waals surface area contributed by atoms with Crippen LogP contribution in [0.5, 0.6) is 5.75 Å². The average molecular weight is 343 g/mol. The molecular formula is C19H21NO3S. The van der Waals surface area contributed by atoms with Crippen molar-refractivity contribution in [3.8, 4) is 5.75 Å². The molecule has 2 heterocycles. The van der Waals surface area contributed by atoms with Crippen LogP contribution in [0.2, 0.25) is 0 Å². The molecule has 126 valence electrons. The Bertz CT molecular complexity index is 735. The van der Waals surface area contributed by atoms with Gasteiger partial charge < -0.3 is 9.64 Å². The highest BCUT2D eigenvalue weighted by molar-refractivity contribution is 7.10. The van der Waals surface area contributed by atoms with Gasteiger partial charge in [-0.2, -0.15) is 0 Å². The maximum atomic E-state index is 12.5. The van der Waals surface area contributed by atoms with Crippen molar-refractivity contribution in [1.29, 1.82) is 0 Å². The van der Waals surface area contributed by atoms with Crippen LogP contribution in [-0.2, 0) is 11.2 Å². The molecule has 4 nitrogen and oxygen atoms in total. The summed E-state index contributed by atoms with van der Waals surface area (Å²) in [5.74, 6) is 0.705. The molecule has 2 aromatic rings. The molecule has 0 bridgehead atoms. The second kappa shape index (κ2) is 7.18. The number of fused-ring (bicyclic) bond motifs is 1. The van der Waals surface area contributed by atoms with Crippen molar-refractivity contribution in [3.05, 3.63) is 51.7 Å². The predicted octanol–water partition coefficient (Wildman–Crippen LogP) is 3.87. The van der Waals surface area contributed by atoms with E-state index in [1.807, 2.05) is 11.8 Å². The monoisotopic (exact) mass is 343 g/mol. The number of carbonyl (C=O) groups excluding carboxylic acids is 2. The number of rotatable bonds is 5. The maximum absolute atomic E-state index is 12.5. The van der Waals surface area contributed by atoms with E-state index in [1.165, 1.54) is 10.4 Å². The Balaban J connectivity index is 1.59. The first-order chi connectivity index (χ1) is 11.6. The van der Waals surface area contributed by atoms with Crippen LogP contribution in [-0.4, -0.2) is 29.7 Å². The van der Waals surface area contributed by atoms with E-state index < -0.39 is 0 Å². The molecule has 0 saturated carbocycles. The summed E-state index contributed by atoms with van der Waals surface area (Å²) in [4.78, 5) is 27.4. The lowest BCUT2D eigenvalue weighted by Gasteiger charge is -2.33. The van der Waals surface area contributed by atoms with Gasteiger partial charge in [0.05, 0.1) is 6.04 Å². The number of benzene rings is 1. The predicted molar refractivity (Wildman–Crippen MR) is 94.7 cm³/mol. The third-order valence-electron chi connectivity index (χ3n) is 4.46. The molecule has 1 amide bonds. The summed E-state index contributed by atoms with van der Waals surface area (Å²) < 4.78 is 5.61. The molecule has 1 unspecified atom stereocenters. The normalized spacial score (nSPS) is 16.6. The first kappa shape index (κ1) is 16.7. The second-order valence-electron chi connectivity index (χ2n) is 5.90. The van der Waals surface area contributed by atoms with Crippen molar-refractivity contribution in [2.24, 2.45) is 0 Å². The highest BCUT2D eigenvalue weighted by Crippen LogP contribution is 2.32. The molecule has 5 heteroatoms. The third kappa shape index (κ3) is 3.36. The number of ether oxygens (including phenoxy) is 1. The fourth-order valence-electron chi connectivity index (χ4n) is 3.02. The van der Waals surface area contributed by atoms with Crippen LogP contribution in [0.1, 0.15) is 47.1 Å². The van der Waals surface area contributed by atoms with Gasteiger partial charge in [0.25, 0.3) is 5.91 Å². The summed E-state index contributed by atoms with van der Waals surface area (Å²) in [5.41, 5.74) is 1.92. The maximum Gasteiger partial charge on any atom is 0.261 e. The lowest BCUT2D eigenvalue weighted by molar-refractivity contribution is -0.135. The minimum Gasteiger partial charge on any atom is -0.484 e. The molecule has 0 radical (unpaired) electrons. The highest BCUT2D eigenvalue weighted by atomic mass is 32.1. The molecular weight excluding hydrogens is 322 g/mol. The SMILES string of the molecule is CCC(=O)c1ccc(OCC(=O)N2CCc3sccc3C2C)cc1. The Morgan fingerprint density at radius 2 is 2.00 bits per heavy atom. The zero-order valence-corrected chi connectivity index (χ0v) is 14.8. The number of Topliss-reactive ketones (excluding diaryl/α,β-unsaturated/α-hetero) is 1. The van der Waals surface area contributed by atoms with Crippen LogP contribution >= 0.6 is 11.3 Å². The van der Waals surface area contributed by atoms with E-state index in [9.17, 15) is 9.59 Å². The molecule has 0 aliphatic carbocycles. The second-order valence-corrected chi connectivity index (χ2v) is 6.90. The van der Waals surface area contributed by atoms with Crippen molar-refractivity contribution in [2.75, 3.05) is 13.2 Å². The van der Waals surface area contributed by atoms with Crippen LogP contribution < -0.4 is 4.74 Å². The van der Waals surface area contributed by atoms with Crippen molar-refractivity contribution < 1.29 is 14.3 Å². The number of hydrogen-bond acceptors (Lipinski definition) is 4. The highest BCUT2D eigenvalue weighted by Gasteiger charge is 2.28. The topological polar surface area (TPSA) is 46.6 Å². The zero-order valence-electron chi connectivity index (χ0n) is 14.0. The molecule has 1 aliphatic rings. The molecule has 3 rings (SSSR count). The van der Waals surface area contributed by atoms with E-state index in [0.717, 1.165) is 13.0 Å². The Kier molecular flexibility index (Phi) is 5.00. The Morgan fingerprint density at radius 1 is 1.25 bits per heavy atom. The number of carbonyl (C=O) groups is 2. The van der Waals surface area contributed by atoms with E-state index in [-0.39, 0.29) is 24.3 Å². The lowest BCUT2D eigenvalue weighted by Crippen LogP contribution is -2.40. The van der Waals surface area contributed by atoms with Crippen LogP contribution in [0.4, 0.5) is 0 Å². The number of amides is 1. The fourth-order valence-corrected chi connectivity index (χ4v) is 3.98. The summed E-state index contributed by atoms with van der Waals surface area (Å²) in [5, 5.41) is 2.09. The summed E-state index contributed by atoms with van der Waals surface area (Å²) in [7, 11) is 0. The molecule has 0 spiro atoms. The summed E-state index contributed by atoms with van der Waals surface area (Å²) in [6.45, 7) is 4.66. The van der Waals surface area contributed by atoms with Gasteiger partial charge in [0.2, 0.25) is 0 Å². The van der Waals surface area contributed by atoms with Gasteiger partial charge in [0.15, 0.2) is 12.4 Å². The van der Waals surface area contributed by atoms with Crippen LogP contribution in [0.25, 0.3) is 0 Å². The molecule has 1 atom stereocenters. The summed E-state index contributed by atoms with van der Waals surface area (Å²) in [6.07, 6.45) is 1.40. The zero-order chi connectivity index (χ0) is 17.1. The Hall–Kier alpha value is -2.14. The van der Waals surface area contributed by atoms with Crippen molar-refractivity contribution in [3.63, 3.8) is 0 Å². The lowest BCUT2D eigenvalue weighted by atomic mass is 10.0. The van der Waals surface area contributed by atoms with Gasteiger partial charge in [-0.3, -0.25) is 9.59 Å². The summed E-state index contributed by atoms with van der Waals surface area (Å²) >= 11 is 1.76. The fraction of sp³-hybridized carbons (Fsp3) is 0.368. The first-order valence-corrected chi connectivity index (χ1v) is 9.10. The molecule has 1 aromatic heterocycles. The van der Waals surface area contributed by atoms with Crippen molar-refractivity contribution >= 4 is 23.0 Å². The third-order valence-corrected chi connectivity index (χ3v) is 5.45. The minimum atomic E-state index is -0.00642. The van der Waals surface area contributed by atoms with Crippen LogP contribution in [0, 0.1) is 0 Å². The van der Waals surface area contributed by atoms with E-state index in [4.69, 9.17) is 4.74 Å². The molecule has 0 saturated heterocycles. The van der Waals surface area contributed by atoms with Gasteiger partial charge >= 0.3 is 0 Å². The van der Waals surface area contributed by atoms with Crippen LogP contribution in [0.15, 0.2) is 35.7 Å². The summed E-state index contributed by atoms with van der Waals surface area (Å²) in [6, 6.07) is 9.17. The number of thiophene rings is 1. The van der Waals surface area contributed by atoms with Gasteiger partial charge in [-0.15, -0.1) is 11.3 Å². The largest absolute Gasteiger partial charge is 0.484 e. The average Bonchev–Trinajstić information content (AvgIpc) is 3.09. The Morgan fingerprint density at radius 3 is 2.71 bits per heavy atom. The van der Waals surface area contributed by atoms with E-state index in [1.54, 1.807) is 35.6 Å². The van der Waals surface area contributed by atoms with E-state index in [2.05, 4.69) is 18.4 Å². The van der Waals surface area contributed by atoms with E-state index in [0.29, 0.717) is 17.7 Å². The minimum absolute atomic E-state index is 0.00642. The van der Waals surface area contributed by atoms with Crippen molar-refractivity contribution in [1.82, 2.24) is 4.90 Å². The molecule has 0 fully saturated rings. The standard InChI is InChI=1S/C19H21NO3S/c1-3-17(21)14-4-6-15(7-5-14)23-12-19(22)20-10-8-18-16(13(20)2)9-11-24-18/h4-7,9,11,13H,3,8,10,12H2,1-2H3. The van der Waals surface area contributed by atoms with Gasteiger partial charge in [0.1, 0.15) is 5.75 Å². The van der Waals surface area contributed by atoms with Gasteiger partial charge in [0, 0.05) is 23.4 Å². The molecule has 1 aliphatic heterocycles. The number of ketones is 1. The van der Waals surface area contributed by atoms with E-state index >= 15 is 0 Å². The quantitative estimate of drug-likeness (QED) is 0.774. The number of hydrogen-bond donors (Lipinski definition) is 0. The first-order valence-electron chi connectivity index (χ1n) is 8.22. The molecule has 24 heavy (non-hydrogen) atoms. The van der Waals surface area contributed by atoms with Gasteiger partial charge in [-0.25, -0.2) is 0 Å².